The zero-order valence-corrected chi connectivity index (χ0v) is 9.77. The van der Waals surface area contributed by atoms with Crippen molar-refractivity contribution in [2.45, 2.75) is 13.5 Å². The van der Waals surface area contributed by atoms with Gasteiger partial charge in [0, 0.05) is 4.88 Å². The lowest BCUT2D eigenvalue weighted by Gasteiger charge is -2.02. The van der Waals surface area contributed by atoms with Gasteiger partial charge in [-0.2, -0.15) is 5.10 Å². The highest BCUT2D eigenvalue weighted by molar-refractivity contribution is 7.16. The number of thiophene rings is 1. The van der Waals surface area contributed by atoms with Crippen LogP contribution in [0.2, 0.25) is 4.34 Å². The van der Waals surface area contributed by atoms with E-state index >= 15 is 0 Å². The average Bonchev–Trinajstić information content (AvgIpc) is 2.64. The van der Waals surface area contributed by atoms with Gasteiger partial charge >= 0.3 is 0 Å². The topological polar surface area (TPSA) is 37.8 Å². The number of nitrogens with zero attached hydrogens (tertiary/aromatic N) is 2. The SMILES string of the molecule is Cc1ccc(NCc2ccc(Cl)s2)nn1. The number of hydrogen-bond donors (Lipinski definition) is 1. The molecule has 5 heteroatoms. The van der Waals surface area contributed by atoms with Crippen molar-refractivity contribution in [3.05, 3.63) is 39.2 Å². The van der Waals surface area contributed by atoms with Crippen LogP contribution < -0.4 is 5.32 Å². The molecule has 2 aromatic heterocycles. The molecular weight excluding hydrogens is 230 g/mol. The second kappa shape index (κ2) is 4.59. The lowest BCUT2D eigenvalue weighted by Crippen LogP contribution is -2.00. The monoisotopic (exact) mass is 239 g/mol. The third kappa shape index (κ3) is 2.91. The summed E-state index contributed by atoms with van der Waals surface area (Å²) in [6.07, 6.45) is 0. The van der Waals surface area contributed by atoms with E-state index in [-0.39, 0.29) is 0 Å². The quantitative estimate of drug-likeness (QED) is 0.895. The summed E-state index contributed by atoms with van der Waals surface area (Å²) in [5, 5.41) is 11.2. The van der Waals surface area contributed by atoms with Crippen LogP contribution in [0.15, 0.2) is 24.3 Å². The van der Waals surface area contributed by atoms with Crippen molar-refractivity contribution in [2.24, 2.45) is 0 Å². The summed E-state index contributed by atoms with van der Waals surface area (Å²) in [6, 6.07) is 7.74. The van der Waals surface area contributed by atoms with Gasteiger partial charge in [0.15, 0.2) is 0 Å². The summed E-state index contributed by atoms with van der Waals surface area (Å²) in [6.45, 7) is 2.64. The molecule has 0 amide bonds. The normalized spacial score (nSPS) is 10.3. The zero-order chi connectivity index (χ0) is 10.7. The first kappa shape index (κ1) is 10.4. The summed E-state index contributed by atoms with van der Waals surface area (Å²) >= 11 is 7.39. The molecule has 0 aliphatic rings. The molecule has 0 aliphatic carbocycles. The molecule has 0 bridgehead atoms. The molecule has 15 heavy (non-hydrogen) atoms. The molecule has 0 spiro atoms. The first-order chi connectivity index (χ1) is 7.24. The molecule has 0 fully saturated rings. The second-order valence-electron chi connectivity index (χ2n) is 3.12. The predicted molar refractivity (Wildman–Crippen MR) is 63.4 cm³/mol. The standard InChI is InChI=1S/C10H10ClN3S/c1-7-2-5-10(14-13-7)12-6-8-3-4-9(11)15-8/h2-5H,6H2,1H3,(H,12,14). The number of halogens is 1. The van der Waals surface area contributed by atoms with E-state index in [0.29, 0.717) is 0 Å². The molecule has 3 nitrogen and oxygen atoms in total. The van der Waals surface area contributed by atoms with E-state index in [0.717, 1.165) is 22.4 Å². The van der Waals surface area contributed by atoms with Crippen LogP contribution in [-0.4, -0.2) is 10.2 Å². The Kier molecular flexibility index (Phi) is 3.18. The Labute approximate surface area is 97.1 Å². The van der Waals surface area contributed by atoms with Crippen molar-refractivity contribution in [2.75, 3.05) is 5.32 Å². The maximum absolute atomic E-state index is 5.83. The molecule has 1 N–H and O–H groups in total. The van der Waals surface area contributed by atoms with Gasteiger partial charge in [-0.25, -0.2) is 0 Å². The lowest BCUT2D eigenvalue weighted by atomic mass is 10.4. The molecule has 2 rings (SSSR count). The maximum atomic E-state index is 5.83. The number of rotatable bonds is 3. The fraction of sp³-hybridized carbons (Fsp3) is 0.200. The van der Waals surface area contributed by atoms with Crippen molar-refractivity contribution >= 4 is 28.8 Å². The van der Waals surface area contributed by atoms with Crippen molar-refractivity contribution in [1.29, 1.82) is 0 Å². The van der Waals surface area contributed by atoms with Gasteiger partial charge in [-0.1, -0.05) is 11.6 Å². The van der Waals surface area contributed by atoms with Crippen LogP contribution in [0.3, 0.4) is 0 Å². The molecule has 0 aromatic carbocycles. The minimum atomic E-state index is 0.731. The summed E-state index contributed by atoms with van der Waals surface area (Å²) in [7, 11) is 0. The molecule has 0 saturated carbocycles. The van der Waals surface area contributed by atoms with Crippen LogP contribution in [0.1, 0.15) is 10.6 Å². The molecule has 2 aromatic rings. The van der Waals surface area contributed by atoms with E-state index in [1.54, 1.807) is 11.3 Å². The Morgan fingerprint density at radius 3 is 2.73 bits per heavy atom. The molecule has 0 aliphatic heterocycles. The molecular formula is C10H10ClN3S. The first-order valence-corrected chi connectivity index (χ1v) is 5.72. The van der Waals surface area contributed by atoms with Crippen molar-refractivity contribution in [3.8, 4) is 0 Å². The Balaban J connectivity index is 1.96. The zero-order valence-electron chi connectivity index (χ0n) is 8.20. The minimum absolute atomic E-state index is 0.731. The van der Waals surface area contributed by atoms with Crippen molar-refractivity contribution in [1.82, 2.24) is 10.2 Å². The third-order valence-electron chi connectivity index (χ3n) is 1.87. The first-order valence-electron chi connectivity index (χ1n) is 4.52. The van der Waals surface area contributed by atoms with Crippen LogP contribution >= 0.6 is 22.9 Å². The van der Waals surface area contributed by atoms with Gasteiger partial charge < -0.3 is 5.32 Å². The summed E-state index contributed by atoms with van der Waals surface area (Å²) in [5.74, 6) is 0.783. The van der Waals surface area contributed by atoms with Gasteiger partial charge in [0.2, 0.25) is 0 Å². The molecule has 2 heterocycles. The van der Waals surface area contributed by atoms with Gasteiger partial charge in [-0.05, 0) is 31.2 Å². The average molecular weight is 240 g/mol. The van der Waals surface area contributed by atoms with Gasteiger partial charge in [0.1, 0.15) is 5.82 Å². The fourth-order valence-electron chi connectivity index (χ4n) is 1.12. The Morgan fingerprint density at radius 1 is 1.27 bits per heavy atom. The number of aryl methyl sites for hydroxylation is 1. The Bertz CT molecular complexity index is 438. The number of aromatic nitrogens is 2. The lowest BCUT2D eigenvalue weighted by molar-refractivity contribution is 0.966. The largest absolute Gasteiger partial charge is 0.364 e. The fourth-order valence-corrected chi connectivity index (χ4v) is 2.14. The van der Waals surface area contributed by atoms with E-state index in [9.17, 15) is 0 Å². The van der Waals surface area contributed by atoms with E-state index in [4.69, 9.17) is 11.6 Å². The van der Waals surface area contributed by atoms with Gasteiger partial charge in [0.05, 0.1) is 16.6 Å². The second-order valence-corrected chi connectivity index (χ2v) is 4.92. The van der Waals surface area contributed by atoms with Gasteiger partial charge in [0.25, 0.3) is 0 Å². The van der Waals surface area contributed by atoms with E-state index in [1.165, 1.54) is 4.88 Å². The molecule has 0 unspecified atom stereocenters. The van der Waals surface area contributed by atoms with Crippen molar-refractivity contribution in [3.63, 3.8) is 0 Å². The van der Waals surface area contributed by atoms with Crippen LogP contribution in [0.25, 0.3) is 0 Å². The highest BCUT2D eigenvalue weighted by Crippen LogP contribution is 2.21. The Morgan fingerprint density at radius 2 is 2.13 bits per heavy atom. The molecule has 0 atom stereocenters. The highest BCUT2D eigenvalue weighted by atomic mass is 35.5. The van der Waals surface area contributed by atoms with E-state index in [1.807, 2.05) is 31.2 Å². The summed E-state index contributed by atoms with van der Waals surface area (Å²) in [4.78, 5) is 1.18. The predicted octanol–water partition coefficient (Wildman–Crippen LogP) is 3.11. The third-order valence-corrected chi connectivity index (χ3v) is 3.10. The smallest absolute Gasteiger partial charge is 0.148 e. The van der Waals surface area contributed by atoms with Crippen LogP contribution in [0.5, 0.6) is 0 Å². The summed E-state index contributed by atoms with van der Waals surface area (Å²) in [5.41, 5.74) is 0.916. The maximum Gasteiger partial charge on any atom is 0.148 e. The number of hydrogen-bond acceptors (Lipinski definition) is 4. The molecule has 0 saturated heterocycles. The number of nitrogens with one attached hydrogen (secondary N) is 1. The molecule has 0 radical (unpaired) electrons. The van der Waals surface area contributed by atoms with Crippen LogP contribution in [0.4, 0.5) is 5.82 Å². The highest BCUT2D eigenvalue weighted by Gasteiger charge is 1.98. The molecule has 78 valence electrons. The van der Waals surface area contributed by atoms with Gasteiger partial charge in [-0.15, -0.1) is 16.4 Å². The van der Waals surface area contributed by atoms with E-state index in [2.05, 4.69) is 15.5 Å². The summed E-state index contributed by atoms with van der Waals surface area (Å²) < 4.78 is 0.807. The van der Waals surface area contributed by atoms with Gasteiger partial charge in [-0.3, -0.25) is 0 Å². The van der Waals surface area contributed by atoms with Crippen molar-refractivity contribution < 1.29 is 0 Å². The van der Waals surface area contributed by atoms with Crippen LogP contribution in [-0.2, 0) is 6.54 Å². The minimum Gasteiger partial charge on any atom is -0.364 e. The number of anilines is 1. The van der Waals surface area contributed by atoms with E-state index < -0.39 is 0 Å². The Hall–Kier alpha value is -1.13. The van der Waals surface area contributed by atoms with Crippen LogP contribution in [0, 0.1) is 6.92 Å².